The second-order valence-electron chi connectivity index (χ2n) is 7.68. The van der Waals surface area contributed by atoms with Gasteiger partial charge < -0.3 is 15.0 Å². The molecule has 0 radical (unpaired) electrons. The average Bonchev–Trinajstić information content (AvgIpc) is 3.33. The number of hydrogen-bond acceptors (Lipinski definition) is 4. The number of anilines is 2. The number of hydrogen-bond donors (Lipinski definition) is 2. The third-order valence-electron chi connectivity index (χ3n) is 5.62. The molecule has 7 nitrogen and oxygen atoms in total. The molecule has 0 amide bonds. The van der Waals surface area contributed by atoms with Gasteiger partial charge in [-0.05, 0) is 55.0 Å². The molecule has 0 spiro atoms. The molecule has 0 aliphatic carbocycles. The molecule has 0 atom stereocenters. The number of carbonyl (C=O) groups is 1. The van der Waals surface area contributed by atoms with Crippen LogP contribution in [-0.4, -0.2) is 37.9 Å². The van der Waals surface area contributed by atoms with Gasteiger partial charge in [0.15, 0.2) is 0 Å². The molecule has 2 N–H and O–H groups in total. The van der Waals surface area contributed by atoms with Crippen LogP contribution in [0.15, 0.2) is 60.8 Å². The number of H-pyrrole nitrogens is 1. The second kappa shape index (κ2) is 6.98. The highest BCUT2D eigenvalue weighted by molar-refractivity contribution is 6.03. The Hall–Kier alpha value is -4.13. The Morgan fingerprint density at radius 3 is 2.68 bits per heavy atom. The van der Waals surface area contributed by atoms with Gasteiger partial charge >= 0.3 is 5.97 Å². The number of rotatable bonds is 4. The van der Waals surface area contributed by atoms with Crippen LogP contribution in [0, 0.1) is 6.92 Å². The van der Waals surface area contributed by atoms with E-state index in [9.17, 15) is 9.90 Å². The van der Waals surface area contributed by atoms with E-state index in [2.05, 4.69) is 64.3 Å². The molecule has 0 fully saturated rings. The number of nitrogens with zero attached hydrogens (tertiary/aromatic N) is 4. The van der Waals surface area contributed by atoms with Crippen molar-refractivity contribution >= 4 is 39.3 Å². The van der Waals surface area contributed by atoms with E-state index in [0.29, 0.717) is 11.0 Å². The predicted octanol–water partition coefficient (Wildman–Crippen LogP) is 4.89. The van der Waals surface area contributed by atoms with Crippen molar-refractivity contribution in [3.05, 3.63) is 71.9 Å². The minimum absolute atomic E-state index is 0.193. The lowest BCUT2D eigenvalue weighted by Gasteiger charge is -2.20. The van der Waals surface area contributed by atoms with Crippen LogP contribution in [0.2, 0.25) is 0 Å². The summed E-state index contributed by atoms with van der Waals surface area (Å²) in [5.41, 5.74) is 7.16. The quantitative estimate of drug-likeness (QED) is 0.440. The maximum absolute atomic E-state index is 11.5. The Morgan fingerprint density at radius 2 is 1.90 bits per heavy atom. The van der Waals surface area contributed by atoms with Crippen LogP contribution in [0.25, 0.3) is 33.3 Å². The summed E-state index contributed by atoms with van der Waals surface area (Å²) in [5.74, 6) is -0.990. The molecule has 2 aromatic carbocycles. The number of nitrogens with one attached hydrogen (secondary N) is 1. The fourth-order valence-electron chi connectivity index (χ4n) is 3.97. The van der Waals surface area contributed by atoms with Gasteiger partial charge in [-0.15, -0.1) is 0 Å². The first-order chi connectivity index (χ1) is 14.9. The summed E-state index contributed by atoms with van der Waals surface area (Å²) in [6, 6.07) is 17.9. The van der Waals surface area contributed by atoms with Crippen LogP contribution in [-0.2, 0) is 7.05 Å². The first-order valence-corrected chi connectivity index (χ1v) is 9.91. The molecule has 3 heterocycles. The van der Waals surface area contributed by atoms with Gasteiger partial charge in [0.25, 0.3) is 0 Å². The van der Waals surface area contributed by atoms with Gasteiger partial charge in [-0.1, -0.05) is 12.1 Å². The molecule has 7 heteroatoms. The van der Waals surface area contributed by atoms with Crippen LogP contribution < -0.4 is 4.90 Å². The molecule has 0 bridgehead atoms. The number of aromatic amines is 1. The fourth-order valence-corrected chi connectivity index (χ4v) is 3.97. The number of carboxylic acids is 1. The third-order valence-corrected chi connectivity index (χ3v) is 5.62. The lowest BCUT2D eigenvalue weighted by atomic mass is 10.1. The van der Waals surface area contributed by atoms with Crippen molar-refractivity contribution in [1.29, 1.82) is 0 Å². The molecule has 0 saturated carbocycles. The molecule has 3 aromatic heterocycles. The van der Waals surface area contributed by atoms with E-state index in [1.807, 2.05) is 24.8 Å². The second-order valence-corrected chi connectivity index (χ2v) is 7.68. The molecule has 0 aliphatic rings. The van der Waals surface area contributed by atoms with Crippen LogP contribution in [0.3, 0.4) is 0 Å². The van der Waals surface area contributed by atoms with E-state index in [1.165, 1.54) is 17.8 Å². The van der Waals surface area contributed by atoms with E-state index in [1.54, 1.807) is 0 Å². The number of aryl methyl sites for hydroxylation is 2. The third kappa shape index (κ3) is 3.11. The highest BCUT2D eigenvalue weighted by atomic mass is 16.4. The van der Waals surface area contributed by atoms with Gasteiger partial charge in [0.05, 0.1) is 27.8 Å². The van der Waals surface area contributed by atoms with Crippen molar-refractivity contribution in [2.45, 2.75) is 6.92 Å². The summed E-state index contributed by atoms with van der Waals surface area (Å²) in [6.07, 6.45) is 1.51. The topological polar surface area (TPSA) is 87.0 Å². The summed E-state index contributed by atoms with van der Waals surface area (Å²) < 4.78 is 1.84. The van der Waals surface area contributed by atoms with E-state index in [4.69, 9.17) is 5.10 Å². The highest BCUT2D eigenvalue weighted by Crippen LogP contribution is 2.33. The summed E-state index contributed by atoms with van der Waals surface area (Å²) >= 11 is 0. The maximum atomic E-state index is 11.5. The summed E-state index contributed by atoms with van der Waals surface area (Å²) in [7, 11) is 3.95. The molecule has 154 valence electrons. The normalized spacial score (nSPS) is 11.3. The Kier molecular flexibility index (Phi) is 4.25. The summed E-state index contributed by atoms with van der Waals surface area (Å²) in [5, 5.41) is 15.1. The smallest absolute Gasteiger partial charge is 0.337 e. The lowest BCUT2D eigenvalue weighted by Crippen LogP contribution is -2.09. The van der Waals surface area contributed by atoms with Crippen molar-refractivity contribution in [1.82, 2.24) is 19.7 Å². The van der Waals surface area contributed by atoms with Gasteiger partial charge in [0.1, 0.15) is 5.69 Å². The minimum atomic E-state index is -0.990. The molecular formula is C24H21N5O2. The van der Waals surface area contributed by atoms with E-state index < -0.39 is 5.97 Å². The molecule has 0 unspecified atom stereocenters. The van der Waals surface area contributed by atoms with Crippen LogP contribution in [0.1, 0.15) is 15.9 Å². The van der Waals surface area contributed by atoms with Gasteiger partial charge in [-0.2, -0.15) is 5.10 Å². The zero-order valence-electron chi connectivity index (χ0n) is 17.4. The van der Waals surface area contributed by atoms with Crippen molar-refractivity contribution in [3.63, 3.8) is 0 Å². The Labute approximate surface area is 178 Å². The first kappa shape index (κ1) is 18.9. The van der Waals surface area contributed by atoms with E-state index in [-0.39, 0.29) is 5.56 Å². The monoisotopic (exact) mass is 411 g/mol. The van der Waals surface area contributed by atoms with Crippen molar-refractivity contribution in [2.75, 3.05) is 11.9 Å². The predicted molar refractivity (Wildman–Crippen MR) is 122 cm³/mol. The van der Waals surface area contributed by atoms with Gasteiger partial charge in [0, 0.05) is 37.1 Å². The molecule has 0 aliphatic heterocycles. The molecular weight excluding hydrogens is 390 g/mol. The number of aromatic carboxylic acids is 1. The molecule has 0 saturated heterocycles. The number of benzene rings is 2. The zero-order valence-corrected chi connectivity index (χ0v) is 17.4. The number of pyridine rings is 1. The Bertz CT molecular complexity index is 1460. The van der Waals surface area contributed by atoms with Crippen molar-refractivity contribution in [3.8, 4) is 11.4 Å². The molecule has 5 rings (SSSR count). The Balaban J connectivity index is 1.61. The zero-order chi connectivity index (χ0) is 21.7. The fraction of sp³-hybridized carbons (Fsp3) is 0.125. The largest absolute Gasteiger partial charge is 0.478 e. The molecule has 5 aromatic rings. The summed E-state index contributed by atoms with van der Waals surface area (Å²) in [6.45, 7) is 2.08. The van der Waals surface area contributed by atoms with Crippen LogP contribution >= 0.6 is 0 Å². The van der Waals surface area contributed by atoms with Crippen LogP contribution in [0.5, 0.6) is 0 Å². The average molecular weight is 411 g/mol. The lowest BCUT2D eigenvalue weighted by molar-refractivity contribution is 0.0698. The highest BCUT2D eigenvalue weighted by Gasteiger charge is 2.17. The van der Waals surface area contributed by atoms with Crippen molar-refractivity contribution < 1.29 is 9.90 Å². The number of fused-ring (bicyclic) bond motifs is 2. The maximum Gasteiger partial charge on any atom is 0.337 e. The SMILES string of the molecule is Cc1cccc(N(C)c2ccc3c(-c4cc5nccc(C(=O)O)c5[nH]4)nn(C)c3c2)c1. The van der Waals surface area contributed by atoms with Gasteiger partial charge in [-0.25, -0.2) is 4.79 Å². The number of carboxylic acid groups (broad SMARTS) is 1. The standard InChI is InChI=1S/C24H21N5O2/c1-14-5-4-6-15(11-14)28(2)16-7-8-17-21(12-16)29(3)27-23(17)20-13-19-22(26-20)18(24(30)31)9-10-25-19/h4-13,26H,1-3H3,(H,30,31). The Morgan fingerprint density at radius 1 is 1.10 bits per heavy atom. The van der Waals surface area contributed by atoms with Gasteiger partial charge in [0.2, 0.25) is 0 Å². The first-order valence-electron chi connectivity index (χ1n) is 9.91. The molecule has 31 heavy (non-hydrogen) atoms. The van der Waals surface area contributed by atoms with E-state index in [0.717, 1.165) is 33.7 Å². The summed E-state index contributed by atoms with van der Waals surface area (Å²) in [4.78, 5) is 21.2. The van der Waals surface area contributed by atoms with Gasteiger partial charge in [-0.3, -0.25) is 9.67 Å². The minimum Gasteiger partial charge on any atom is -0.478 e. The van der Waals surface area contributed by atoms with Crippen LogP contribution in [0.4, 0.5) is 11.4 Å². The number of aromatic nitrogens is 4. The van der Waals surface area contributed by atoms with E-state index >= 15 is 0 Å². The van der Waals surface area contributed by atoms with Crippen molar-refractivity contribution in [2.24, 2.45) is 7.05 Å².